The fourth-order valence-electron chi connectivity index (χ4n) is 3.43. The second-order valence-corrected chi connectivity index (χ2v) is 6.77. The van der Waals surface area contributed by atoms with Gasteiger partial charge >= 0.3 is 0 Å². The molecule has 0 unspecified atom stereocenters. The first-order valence-corrected chi connectivity index (χ1v) is 8.42. The molecule has 4 nitrogen and oxygen atoms in total. The van der Waals surface area contributed by atoms with Crippen molar-refractivity contribution in [2.24, 2.45) is 5.92 Å². The zero-order valence-corrected chi connectivity index (χ0v) is 13.8. The van der Waals surface area contributed by atoms with Gasteiger partial charge in [0, 0.05) is 25.7 Å². The molecule has 2 saturated heterocycles. The summed E-state index contributed by atoms with van der Waals surface area (Å²) in [5.74, 6) is 0.269. The summed E-state index contributed by atoms with van der Waals surface area (Å²) in [6, 6.07) is 11.2. The molecule has 1 aromatic rings. The van der Waals surface area contributed by atoms with E-state index in [4.69, 9.17) is 9.47 Å². The van der Waals surface area contributed by atoms with Crippen LogP contribution in [0.3, 0.4) is 0 Å². The van der Waals surface area contributed by atoms with Gasteiger partial charge in [-0.2, -0.15) is 0 Å². The minimum atomic E-state index is -0.434. The summed E-state index contributed by atoms with van der Waals surface area (Å²) in [5, 5.41) is 3.61. The topological polar surface area (TPSA) is 33.7 Å². The minimum Gasteiger partial charge on any atom is -0.347 e. The lowest BCUT2D eigenvalue weighted by molar-refractivity contribution is -0.139. The van der Waals surface area contributed by atoms with Gasteiger partial charge in [0.1, 0.15) is 0 Å². The molecule has 2 heterocycles. The lowest BCUT2D eigenvalue weighted by atomic mass is 10.0. The average Bonchev–Trinajstić information content (AvgIpc) is 3.16. The Kier molecular flexibility index (Phi) is 5.14. The van der Waals surface area contributed by atoms with E-state index in [2.05, 4.69) is 47.5 Å². The molecule has 4 heteroatoms. The Bertz CT molecular complexity index is 459. The maximum absolute atomic E-state index is 5.66. The zero-order valence-electron chi connectivity index (χ0n) is 13.8. The maximum Gasteiger partial charge on any atom is 0.178 e. The molecule has 1 N–H and O–H groups in total. The Labute approximate surface area is 133 Å². The van der Waals surface area contributed by atoms with Crippen LogP contribution < -0.4 is 5.32 Å². The molecule has 0 aromatic heterocycles. The number of nitrogens with one attached hydrogen (secondary N) is 1. The Morgan fingerprint density at radius 2 is 2.00 bits per heavy atom. The molecule has 2 atom stereocenters. The number of rotatable bonds is 6. The molecule has 2 aliphatic rings. The van der Waals surface area contributed by atoms with Crippen LogP contribution in [0.4, 0.5) is 0 Å². The van der Waals surface area contributed by atoms with Gasteiger partial charge in [-0.05, 0) is 38.3 Å². The second kappa shape index (κ2) is 7.09. The van der Waals surface area contributed by atoms with E-state index >= 15 is 0 Å². The van der Waals surface area contributed by atoms with Gasteiger partial charge in [0.15, 0.2) is 5.79 Å². The monoisotopic (exact) mass is 304 g/mol. The third-order valence-corrected chi connectivity index (χ3v) is 4.91. The van der Waals surface area contributed by atoms with Crippen LogP contribution in [0.15, 0.2) is 30.3 Å². The molecular weight excluding hydrogens is 276 g/mol. The average molecular weight is 304 g/mol. The van der Waals surface area contributed by atoms with Crippen molar-refractivity contribution in [2.45, 2.75) is 38.6 Å². The van der Waals surface area contributed by atoms with Crippen LogP contribution in [0.2, 0.25) is 0 Å². The van der Waals surface area contributed by atoms with Gasteiger partial charge in [-0.1, -0.05) is 30.3 Å². The lowest BCUT2D eigenvalue weighted by Gasteiger charge is -2.27. The SMILES string of the molecule is C[C@@H](NCC1(C)OCCO1)[C@H]1CCN(Cc2ccccc2)C1. The van der Waals surface area contributed by atoms with Gasteiger partial charge in [0.05, 0.1) is 13.2 Å². The molecule has 0 saturated carbocycles. The number of hydrogen-bond acceptors (Lipinski definition) is 4. The molecule has 2 fully saturated rings. The first-order chi connectivity index (χ1) is 10.6. The number of likely N-dealkylation sites (tertiary alicyclic amines) is 1. The molecule has 2 aliphatic heterocycles. The third kappa shape index (κ3) is 4.07. The van der Waals surface area contributed by atoms with E-state index in [-0.39, 0.29) is 0 Å². The van der Waals surface area contributed by atoms with Crippen molar-refractivity contribution in [1.29, 1.82) is 0 Å². The molecule has 22 heavy (non-hydrogen) atoms. The number of nitrogens with zero attached hydrogens (tertiary/aromatic N) is 1. The van der Waals surface area contributed by atoms with E-state index in [1.807, 2.05) is 6.92 Å². The van der Waals surface area contributed by atoms with Gasteiger partial charge in [-0.15, -0.1) is 0 Å². The Balaban J connectivity index is 1.43. The van der Waals surface area contributed by atoms with E-state index in [0.717, 1.165) is 13.1 Å². The highest BCUT2D eigenvalue weighted by Gasteiger charge is 2.33. The van der Waals surface area contributed by atoms with Crippen LogP contribution in [0.1, 0.15) is 25.8 Å². The predicted molar refractivity (Wildman–Crippen MR) is 87.6 cm³/mol. The standard InChI is InChI=1S/C18H28N2O2/c1-15(19-14-18(2)21-10-11-22-18)17-8-9-20(13-17)12-16-6-4-3-5-7-16/h3-7,15,17,19H,8-14H2,1-2H3/t15-,17+/m1/s1. The summed E-state index contributed by atoms with van der Waals surface area (Å²) < 4.78 is 11.3. The normalized spacial score (nSPS) is 26.4. The van der Waals surface area contributed by atoms with E-state index in [9.17, 15) is 0 Å². The van der Waals surface area contributed by atoms with Crippen LogP contribution >= 0.6 is 0 Å². The summed E-state index contributed by atoms with van der Waals surface area (Å²) in [4.78, 5) is 2.56. The van der Waals surface area contributed by atoms with Crippen LogP contribution in [0.5, 0.6) is 0 Å². The van der Waals surface area contributed by atoms with Gasteiger partial charge in [0.25, 0.3) is 0 Å². The molecule has 1 aromatic carbocycles. The highest BCUT2D eigenvalue weighted by atomic mass is 16.7. The highest BCUT2D eigenvalue weighted by molar-refractivity contribution is 5.14. The summed E-state index contributed by atoms with van der Waals surface area (Å²) in [6.07, 6.45) is 1.26. The lowest BCUT2D eigenvalue weighted by Crippen LogP contribution is -2.45. The highest BCUT2D eigenvalue weighted by Crippen LogP contribution is 2.23. The molecular formula is C18H28N2O2. The van der Waals surface area contributed by atoms with E-state index in [1.165, 1.54) is 25.1 Å². The largest absolute Gasteiger partial charge is 0.347 e. The second-order valence-electron chi connectivity index (χ2n) is 6.77. The Hall–Kier alpha value is -0.940. The first-order valence-electron chi connectivity index (χ1n) is 8.42. The third-order valence-electron chi connectivity index (χ3n) is 4.91. The van der Waals surface area contributed by atoms with Crippen molar-refractivity contribution in [3.63, 3.8) is 0 Å². The van der Waals surface area contributed by atoms with Crippen molar-refractivity contribution in [1.82, 2.24) is 10.2 Å². The first kappa shape index (κ1) is 15.9. The fourth-order valence-corrected chi connectivity index (χ4v) is 3.43. The fraction of sp³-hybridized carbons (Fsp3) is 0.667. The van der Waals surface area contributed by atoms with Gasteiger partial charge in [-0.3, -0.25) is 4.90 Å². The number of ether oxygens (including phenoxy) is 2. The quantitative estimate of drug-likeness (QED) is 0.874. The van der Waals surface area contributed by atoms with E-state index < -0.39 is 5.79 Å². The van der Waals surface area contributed by atoms with Gasteiger partial charge in [-0.25, -0.2) is 0 Å². The van der Waals surface area contributed by atoms with Crippen molar-refractivity contribution >= 4 is 0 Å². The van der Waals surface area contributed by atoms with Crippen LogP contribution in [0.25, 0.3) is 0 Å². The Morgan fingerprint density at radius 3 is 2.73 bits per heavy atom. The van der Waals surface area contributed by atoms with E-state index in [1.54, 1.807) is 0 Å². The predicted octanol–water partition coefficient (Wildman–Crippen LogP) is 2.25. The van der Waals surface area contributed by atoms with Crippen molar-refractivity contribution in [3.8, 4) is 0 Å². The number of hydrogen-bond donors (Lipinski definition) is 1. The molecule has 0 aliphatic carbocycles. The number of benzene rings is 1. The molecule has 0 bridgehead atoms. The van der Waals surface area contributed by atoms with Crippen molar-refractivity contribution in [3.05, 3.63) is 35.9 Å². The summed E-state index contributed by atoms with van der Waals surface area (Å²) >= 11 is 0. The van der Waals surface area contributed by atoms with Crippen molar-refractivity contribution in [2.75, 3.05) is 32.8 Å². The summed E-state index contributed by atoms with van der Waals surface area (Å²) in [6.45, 7) is 9.92. The van der Waals surface area contributed by atoms with Gasteiger partial charge < -0.3 is 14.8 Å². The molecule has 122 valence electrons. The summed E-state index contributed by atoms with van der Waals surface area (Å²) in [7, 11) is 0. The van der Waals surface area contributed by atoms with Crippen LogP contribution in [0, 0.1) is 5.92 Å². The zero-order chi connectivity index (χ0) is 15.4. The summed E-state index contributed by atoms with van der Waals surface area (Å²) in [5.41, 5.74) is 1.41. The van der Waals surface area contributed by atoms with Gasteiger partial charge in [0.2, 0.25) is 0 Å². The molecule has 3 rings (SSSR count). The molecule has 0 spiro atoms. The smallest absolute Gasteiger partial charge is 0.178 e. The van der Waals surface area contributed by atoms with E-state index in [0.29, 0.717) is 25.2 Å². The van der Waals surface area contributed by atoms with Crippen molar-refractivity contribution < 1.29 is 9.47 Å². The molecule has 0 radical (unpaired) electrons. The maximum atomic E-state index is 5.66. The minimum absolute atomic E-state index is 0.434. The Morgan fingerprint density at radius 1 is 1.27 bits per heavy atom. The van der Waals surface area contributed by atoms with Crippen LogP contribution in [-0.4, -0.2) is 49.6 Å². The molecule has 0 amide bonds. The van der Waals surface area contributed by atoms with Crippen LogP contribution in [-0.2, 0) is 16.0 Å².